The molecule has 2 unspecified atom stereocenters. The van der Waals surface area contributed by atoms with Crippen molar-refractivity contribution >= 4 is 5.69 Å². The van der Waals surface area contributed by atoms with E-state index in [-0.39, 0.29) is 6.04 Å². The molecule has 0 spiro atoms. The second-order valence-corrected chi connectivity index (χ2v) is 4.64. The zero-order chi connectivity index (χ0) is 11.4. The molecule has 16 heavy (non-hydrogen) atoms. The molecule has 1 nitrogen and oxygen atoms in total. The Morgan fingerprint density at radius 1 is 1.25 bits per heavy atom. The maximum Gasteiger partial charge on any atom is 0.120 e. The Kier molecular flexibility index (Phi) is 3.81. The summed E-state index contributed by atoms with van der Waals surface area (Å²) in [5.74, 6) is 0. The number of alkyl halides is 1. The van der Waals surface area contributed by atoms with Crippen molar-refractivity contribution in [2.75, 3.05) is 5.32 Å². The van der Waals surface area contributed by atoms with Gasteiger partial charge < -0.3 is 5.32 Å². The van der Waals surface area contributed by atoms with Crippen molar-refractivity contribution in [1.29, 1.82) is 0 Å². The van der Waals surface area contributed by atoms with E-state index in [1.165, 1.54) is 18.4 Å². The smallest absolute Gasteiger partial charge is 0.120 e. The quantitative estimate of drug-likeness (QED) is 0.794. The Balaban J connectivity index is 1.86. The molecule has 1 aliphatic carbocycles. The van der Waals surface area contributed by atoms with Crippen LogP contribution in [-0.4, -0.2) is 12.2 Å². The zero-order valence-corrected chi connectivity index (χ0v) is 9.88. The van der Waals surface area contributed by atoms with Gasteiger partial charge in [0.05, 0.1) is 6.04 Å². The number of benzene rings is 1. The lowest BCUT2D eigenvalue weighted by Crippen LogP contribution is -2.39. The predicted molar refractivity (Wildman–Crippen MR) is 66.6 cm³/mol. The minimum Gasteiger partial charge on any atom is -0.379 e. The fourth-order valence-corrected chi connectivity index (χ4v) is 1.98. The van der Waals surface area contributed by atoms with Crippen LogP contribution in [0.25, 0.3) is 0 Å². The summed E-state index contributed by atoms with van der Waals surface area (Å²) in [7, 11) is 0. The molecule has 0 saturated heterocycles. The van der Waals surface area contributed by atoms with E-state index in [1.807, 2.05) is 0 Å². The number of hydrogen-bond donors (Lipinski definition) is 1. The van der Waals surface area contributed by atoms with E-state index in [2.05, 4.69) is 36.5 Å². The Bertz CT molecular complexity index is 320. The summed E-state index contributed by atoms with van der Waals surface area (Å²) in [5, 5.41) is 3.24. The van der Waals surface area contributed by atoms with Gasteiger partial charge in [-0.2, -0.15) is 0 Å². The summed E-state index contributed by atoms with van der Waals surface area (Å²) in [6.45, 7) is 2.20. The van der Waals surface area contributed by atoms with E-state index in [4.69, 9.17) is 0 Å². The summed E-state index contributed by atoms with van der Waals surface area (Å²) in [6, 6.07) is 8.46. The molecule has 0 bridgehead atoms. The summed E-state index contributed by atoms with van der Waals surface area (Å²) in [5.41, 5.74) is 2.42. The van der Waals surface area contributed by atoms with Gasteiger partial charge in [-0.1, -0.05) is 25.5 Å². The minimum atomic E-state index is -0.653. The minimum absolute atomic E-state index is 0.0430. The van der Waals surface area contributed by atoms with Gasteiger partial charge in [0.25, 0.3) is 0 Å². The van der Waals surface area contributed by atoms with Crippen LogP contribution in [0.4, 0.5) is 10.1 Å². The van der Waals surface area contributed by atoms with Gasteiger partial charge in [-0.25, -0.2) is 4.39 Å². The first-order valence-corrected chi connectivity index (χ1v) is 6.29. The van der Waals surface area contributed by atoms with Crippen molar-refractivity contribution < 1.29 is 4.39 Å². The summed E-state index contributed by atoms with van der Waals surface area (Å²) in [4.78, 5) is 0. The lowest BCUT2D eigenvalue weighted by atomic mass is 9.90. The Morgan fingerprint density at radius 2 is 2.00 bits per heavy atom. The SMILES string of the molecule is CCCCc1ccc(NC2CCC2F)cc1. The average Bonchev–Trinajstić information content (AvgIpc) is 2.33. The van der Waals surface area contributed by atoms with Crippen LogP contribution in [0, 0.1) is 0 Å². The van der Waals surface area contributed by atoms with E-state index in [0.29, 0.717) is 6.42 Å². The molecular formula is C14H20FN. The second-order valence-electron chi connectivity index (χ2n) is 4.64. The van der Waals surface area contributed by atoms with Crippen LogP contribution < -0.4 is 5.32 Å². The number of aryl methyl sites for hydroxylation is 1. The van der Waals surface area contributed by atoms with Crippen molar-refractivity contribution in [2.45, 2.75) is 51.2 Å². The number of nitrogens with one attached hydrogen (secondary N) is 1. The Morgan fingerprint density at radius 3 is 2.50 bits per heavy atom. The lowest BCUT2D eigenvalue weighted by molar-refractivity contribution is 0.186. The molecule has 88 valence electrons. The van der Waals surface area contributed by atoms with E-state index in [1.54, 1.807) is 0 Å². The molecule has 1 aromatic rings. The molecule has 1 N–H and O–H groups in total. The van der Waals surface area contributed by atoms with Crippen LogP contribution in [0.1, 0.15) is 38.2 Å². The monoisotopic (exact) mass is 221 g/mol. The van der Waals surface area contributed by atoms with Crippen LogP contribution in [-0.2, 0) is 6.42 Å². The normalized spacial score (nSPS) is 23.9. The average molecular weight is 221 g/mol. The first-order valence-electron chi connectivity index (χ1n) is 6.29. The molecule has 2 rings (SSSR count). The largest absolute Gasteiger partial charge is 0.379 e. The fourth-order valence-electron chi connectivity index (χ4n) is 1.98. The lowest BCUT2D eigenvalue weighted by Gasteiger charge is -2.31. The van der Waals surface area contributed by atoms with E-state index >= 15 is 0 Å². The molecule has 2 atom stereocenters. The van der Waals surface area contributed by atoms with Gasteiger partial charge in [0, 0.05) is 5.69 Å². The predicted octanol–water partition coefficient (Wildman–Crippen LogP) is 3.94. The van der Waals surface area contributed by atoms with Gasteiger partial charge in [-0.15, -0.1) is 0 Å². The van der Waals surface area contributed by atoms with Crippen molar-refractivity contribution in [2.24, 2.45) is 0 Å². The van der Waals surface area contributed by atoms with E-state index < -0.39 is 6.17 Å². The highest BCUT2D eigenvalue weighted by molar-refractivity contribution is 5.46. The molecule has 1 saturated carbocycles. The van der Waals surface area contributed by atoms with Crippen LogP contribution in [0.2, 0.25) is 0 Å². The van der Waals surface area contributed by atoms with E-state index in [0.717, 1.165) is 18.5 Å². The van der Waals surface area contributed by atoms with Crippen LogP contribution in [0.3, 0.4) is 0 Å². The number of halogens is 1. The number of unbranched alkanes of at least 4 members (excludes halogenated alkanes) is 1. The molecule has 0 heterocycles. The standard InChI is InChI=1S/C14H20FN/c1-2-3-4-11-5-7-12(8-6-11)16-14-10-9-13(14)15/h5-8,13-14,16H,2-4,9-10H2,1H3. The third-order valence-corrected chi connectivity index (χ3v) is 3.32. The molecule has 0 radical (unpaired) electrons. The molecule has 0 aromatic heterocycles. The Hall–Kier alpha value is -1.05. The molecule has 2 heteroatoms. The zero-order valence-electron chi connectivity index (χ0n) is 9.88. The van der Waals surface area contributed by atoms with Gasteiger partial charge in [-0.05, 0) is 43.4 Å². The Labute approximate surface area is 97.1 Å². The van der Waals surface area contributed by atoms with Gasteiger partial charge >= 0.3 is 0 Å². The maximum atomic E-state index is 13.1. The number of rotatable bonds is 5. The van der Waals surface area contributed by atoms with Crippen molar-refractivity contribution in [3.63, 3.8) is 0 Å². The van der Waals surface area contributed by atoms with E-state index in [9.17, 15) is 4.39 Å². The third-order valence-electron chi connectivity index (χ3n) is 3.32. The third kappa shape index (κ3) is 2.75. The molecule has 0 aliphatic heterocycles. The topological polar surface area (TPSA) is 12.0 Å². The fraction of sp³-hybridized carbons (Fsp3) is 0.571. The highest BCUT2D eigenvalue weighted by Gasteiger charge is 2.30. The van der Waals surface area contributed by atoms with Crippen molar-refractivity contribution in [1.82, 2.24) is 0 Å². The van der Waals surface area contributed by atoms with Crippen LogP contribution in [0.15, 0.2) is 24.3 Å². The molecule has 1 aromatic carbocycles. The van der Waals surface area contributed by atoms with Crippen LogP contribution in [0.5, 0.6) is 0 Å². The first-order chi connectivity index (χ1) is 7.79. The highest BCUT2D eigenvalue weighted by Crippen LogP contribution is 2.26. The van der Waals surface area contributed by atoms with Crippen molar-refractivity contribution in [3.8, 4) is 0 Å². The van der Waals surface area contributed by atoms with Crippen LogP contribution >= 0.6 is 0 Å². The highest BCUT2D eigenvalue weighted by atomic mass is 19.1. The van der Waals surface area contributed by atoms with Gasteiger partial charge in [0.2, 0.25) is 0 Å². The molecule has 1 aliphatic rings. The number of hydrogen-bond acceptors (Lipinski definition) is 1. The molecular weight excluding hydrogens is 201 g/mol. The summed E-state index contributed by atoms with van der Waals surface area (Å²) < 4.78 is 13.1. The molecule has 1 fully saturated rings. The first kappa shape index (κ1) is 11.4. The maximum absolute atomic E-state index is 13.1. The van der Waals surface area contributed by atoms with Gasteiger partial charge in [0.1, 0.15) is 6.17 Å². The summed E-state index contributed by atoms with van der Waals surface area (Å²) in [6.07, 6.45) is 4.63. The molecule has 0 amide bonds. The summed E-state index contributed by atoms with van der Waals surface area (Å²) >= 11 is 0. The van der Waals surface area contributed by atoms with Gasteiger partial charge in [-0.3, -0.25) is 0 Å². The number of anilines is 1. The van der Waals surface area contributed by atoms with Gasteiger partial charge in [0.15, 0.2) is 0 Å². The van der Waals surface area contributed by atoms with Crippen molar-refractivity contribution in [3.05, 3.63) is 29.8 Å². The second kappa shape index (κ2) is 5.33.